The van der Waals surface area contributed by atoms with E-state index in [0.29, 0.717) is 5.95 Å². The van der Waals surface area contributed by atoms with Crippen molar-refractivity contribution < 1.29 is 5.11 Å². The van der Waals surface area contributed by atoms with Crippen LogP contribution in [0, 0.1) is 5.92 Å². The van der Waals surface area contributed by atoms with Crippen LogP contribution in [0.4, 0.5) is 5.95 Å². The smallest absolute Gasteiger partial charge is 0.243 e. The third kappa shape index (κ3) is 3.26. The van der Waals surface area contributed by atoms with Crippen molar-refractivity contribution in [2.24, 2.45) is 5.92 Å². The third-order valence-corrected chi connectivity index (χ3v) is 4.42. The normalized spacial score (nSPS) is 26.5. The molecule has 0 aliphatic heterocycles. The van der Waals surface area contributed by atoms with Crippen LogP contribution in [-0.4, -0.2) is 32.4 Å². The fraction of sp³-hybridized carbons (Fsp3) is 0.800. The van der Waals surface area contributed by atoms with Crippen LogP contribution in [0.5, 0.6) is 0 Å². The molecule has 20 heavy (non-hydrogen) atoms. The van der Waals surface area contributed by atoms with Crippen LogP contribution in [0.2, 0.25) is 0 Å². The summed E-state index contributed by atoms with van der Waals surface area (Å²) < 4.78 is 0. The zero-order valence-corrected chi connectivity index (χ0v) is 12.8. The Kier molecular flexibility index (Phi) is 4.91. The van der Waals surface area contributed by atoms with E-state index in [2.05, 4.69) is 41.3 Å². The number of aliphatic hydroxyl groups is 1. The molecule has 0 saturated heterocycles. The number of nitrogens with one attached hydrogen (secondary N) is 1. The SMILES string of the molecule is CCc1nnc(NC2(CO)CCC(C)CC2)nc1CC. The zero-order chi connectivity index (χ0) is 14.6. The van der Waals surface area contributed by atoms with Crippen molar-refractivity contribution in [3.8, 4) is 0 Å². The van der Waals surface area contributed by atoms with Crippen LogP contribution in [0.25, 0.3) is 0 Å². The summed E-state index contributed by atoms with van der Waals surface area (Å²) in [4.78, 5) is 4.57. The molecule has 0 unspecified atom stereocenters. The molecule has 1 fully saturated rings. The van der Waals surface area contributed by atoms with Gasteiger partial charge < -0.3 is 10.4 Å². The molecule has 1 aliphatic carbocycles. The maximum Gasteiger partial charge on any atom is 0.243 e. The highest BCUT2D eigenvalue weighted by molar-refractivity contribution is 5.31. The molecule has 1 aliphatic rings. The molecule has 1 aromatic rings. The maximum atomic E-state index is 9.78. The first kappa shape index (κ1) is 15.2. The molecule has 1 heterocycles. The van der Waals surface area contributed by atoms with Crippen molar-refractivity contribution in [3.05, 3.63) is 11.4 Å². The molecular weight excluding hydrogens is 252 g/mol. The molecule has 2 N–H and O–H groups in total. The summed E-state index contributed by atoms with van der Waals surface area (Å²) in [5.74, 6) is 1.30. The first-order chi connectivity index (χ1) is 9.62. The number of aryl methyl sites for hydroxylation is 2. The molecule has 0 amide bonds. The van der Waals surface area contributed by atoms with Crippen LogP contribution in [-0.2, 0) is 12.8 Å². The second-order valence-electron chi connectivity index (χ2n) is 5.98. The van der Waals surface area contributed by atoms with E-state index in [-0.39, 0.29) is 12.1 Å². The Balaban J connectivity index is 2.15. The molecule has 5 heteroatoms. The van der Waals surface area contributed by atoms with Gasteiger partial charge in [-0.1, -0.05) is 20.8 Å². The van der Waals surface area contributed by atoms with E-state index in [1.807, 2.05) is 0 Å². The summed E-state index contributed by atoms with van der Waals surface area (Å²) in [6.07, 6.45) is 5.90. The lowest BCUT2D eigenvalue weighted by molar-refractivity contribution is 0.154. The molecule has 112 valence electrons. The highest BCUT2D eigenvalue weighted by Gasteiger charge is 2.34. The Morgan fingerprint density at radius 2 is 1.80 bits per heavy atom. The monoisotopic (exact) mass is 278 g/mol. The summed E-state index contributed by atoms with van der Waals surface area (Å²) >= 11 is 0. The van der Waals surface area contributed by atoms with Gasteiger partial charge in [0.25, 0.3) is 0 Å². The number of nitrogens with zero attached hydrogens (tertiary/aromatic N) is 3. The average Bonchev–Trinajstić information content (AvgIpc) is 2.49. The molecule has 5 nitrogen and oxygen atoms in total. The largest absolute Gasteiger partial charge is 0.394 e. The number of aromatic nitrogens is 3. The first-order valence-corrected chi connectivity index (χ1v) is 7.74. The third-order valence-electron chi connectivity index (χ3n) is 4.42. The van der Waals surface area contributed by atoms with Crippen LogP contribution < -0.4 is 5.32 Å². The van der Waals surface area contributed by atoms with Gasteiger partial charge in [0, 0.05) is 0 Å². The van der Waals surface area contributed by atoms with Crippen LogP contribution >= 0.6 is 0 Å². The molecular formula is C15H26N4O. The number of rotatable bonds is 5. The van der Waals surface area contributed by atoms with Crippen molar-refractivity contribution in [2.45, 2.75) is 64.8 Å². The standard InChI is InChI=1S/C15H26N4O/c1-4-12-13(5-2)18-19-14(16-12)17-15(10-20)8-6-11(3)7-9-15/h11,20H,4-10H2,1-3H3,(H,16,17,19). The summed E-state index contributed by atoms with van der Waals surface area (Å²) in [6.45, 7) is 6.54. The second-order valence-corrected chi connectivity index (χ2v) is 5.98. The minimum atomic E-state index is -0.271. The molecule has 0 atom stereocenters. The lowest BCUT2D eigenvalue weighted by Gasteiger charge is -2.38. The Hall–Kier alpha value is -1.23. The topological polar surface area (TPSA) is 70.9 Å². The van der Waals surface area contributed by atoms with Crippen LogP contribution in [0.15, 0.2) is 0 Å². The van der Waals surface area contributed by atoms with Gasteiger partial charge in [-0.15, -0.1) is 5.10 Å². The highest BCUT2D eigenvalue weighted by Crippen LogP contribution is 2.33. The van der Waals surface area contributed by atoms with Gasteiger partial charge in [-0.25, -0.2) is 4.98 Å². The van der Waals surface area contributed by atoms with Crippen molar-refractivity contribution in [1.82, 2.24) is 15.2 Å². The molecule has 1 aromatic heterocycles. The molecule has 0 radical (unpaired) electrons. The van der Waals surface area contributed by atoms with Crippen molar-refractivity contribution in [1.29, 1.82) is 0 Å². The second kappa shape index (κ2) is 6.48. The molecule has 0 spiro atoms. The van der Waals surface area contributed by atoms with E-state index < -0.39 is 0 Å². The van der Waals surface area contributed by atoms with Crippen LogP contribution in [0.1, 0.15) is 57.8 Å². The molecule has 0 bridgehead atoms. The van der Waals surface area contributed by atoms with Gasteiger partial charge in [0.15, 0.2) is 0 Å². The fourth-order valence-electron chi connectivity index (χ4n) is 2.87. The predicted octanol–water partition coefficient (Wildman–Crippen LogP) is 2.35. The number of anilines is 1. The van der Waals surface area contributed by atoms with Gasteiger partial charge >= 0.3 is 0 Å². The lowest BCUT2D eigenvalue weighted by atomic mass is 9.77. The Morgan fingerprint density at radius 3 is 2.35 bits per heavy atom. The summed E-state index contributed by atoms with van der Waals surface area (Å²) in [5.41, 5.74) is 1.70. The van der Waals surface area contributed by atoms with Crippen LogP contribution in [0.3, 0.4) is 0 Å². The van der Waals surface area contributed by atoms with E-state index in [9.17, 15) is 5.11 Å². The summed E-state index contributed by atoms with van der Waals surface area (Å²) in [6, 6.07) is 0. The maximum absolute atomic E-state index is 9.78. The highest BCUT2D eigenvalue weighted by atomic mass is 16.3. The minimum absolute atomic E-state index is 0.125. The van der Waals surface area contributed by atoms with Crippen molar-refractivity contribution in [2.75, 3.05) is 11.9 Å². The van der Waals surface area contributed by atoms with Gasteiger partial charge in [-0.3, -0.25) is 0 Å². The van der Waals surface area contributed by atoms with E-state index in [4.69, 9.17) is 0 Å². The Labute approximate surface area is 121 Å². The fourth-order valence-corrected chi connectivity index (χ4v) is 2.87. The number of aliphatic hydroxyl groups excluding tert-OH is 1. The van der Waals surface area contributed by atoms with E-state index in [1.165, 1.54) is 0 Å². The van der Waals surface area contributed by atoms with Gasteiger partial charge in [0.05, 0.1) is 23.5 Å². The average molecular weight is 278 g/mol. The van der Waals surface area contributed by atoms with Gasteiger partial charge in [-0.05, 0) is 44.4 Å². The van der Waals surface area contributed by atoms with E-state index in [0.717, 1.165) is 55.8 Å². The van der Waals surface area contributed by atoms with E-state index in [1.54, 1.807) is 0 Å². The van der Waals surface area contributed by atoms with Gasteiger partial charge in [0.1, 0.15) is 0 Å². The molecule has 1 saturated carbocycles. The summed E-state index contributed by atoms with van der Waals surface area (Å²) in [5, 5.41) is 21.6. The van der Waals surface area contributed by atoms with Crippen molar-refractivity contribution >= 4 is 5.95 Å². The van der Waals surface area contributed by atoms with E-state index >= 15 is 0 Å². The van der Waals surface area contributed by atoms with Gasteiger partial charge in [0.2, 0.25) is 5.95 Å². The van der Waals surface area contributed by atoms with Crippen molar-refractivity contribution in [3.63, 3.8) is 0 Å². The Bertz CT molecular complexity index is 441. The van der Waals surface area contributed by atoms with Gasteiger partial charge in [-0.2, -0.15) is 5.10 Å². The quantitative estimate of drug-likeness (QED) is 0.865. The lowest BCUT2D eigenvalue weighted by Crippen LogP contribution is -2.45. The number of hydrogen-bond acceptors (Lipinski definition) is 5. The molecule has 2 rings (SSSR count). The summed E-state index contributed by atoms with van der Waals surface area (Å²) in [7, 11) is 0. The minimum Gasteiger partial charge on any atom is -0.394 e. The predicted molar refractivity (Wildman–Crippen MR) is 79.7 cm³/mol. The zero-order valence-electron chi connectivity index (χ0n) is 12.8. The number of hydrogen-bond donors (Lipinski definition) is 2. The Morgan fingerprint density at radius 1 is 1.15 bits per heavy atom. The molecule has 0 aromatic carbocycles. The first-order valence-electron chi connectivity index (χ1n) is 7.74.